The highest BCUT2D eigenvalue weighted by molar-refractivity contribution is 6.03. The van der Waals surface area contributed by atoms with Gasteiger partial charge < -0.3 is 4.98 Å². The molecule has 8 nitrogen and oxygen atoms in total. The molecule has 0 bridgehead atoms. The lowest BCUT2D eigenvalue weighted by Gasteiger charge is -2.05. The molecule has 1 amide bonds. The fourth-order valence-corrected chi connectivity index (χ4v) is 2.74. The third kappa shape index (κ3) is 3.56. The zero-order valence-electron chi connectivity index (χ0n) is 14.9. The molecule has 3 N–H and O–H groups in total. The van der Waals surface area contributed by atoms with Crippen molar-refractivity contribution in [2.24, 2.45) is 0 Å². The van der Waals surface area contributed by atoms with Gasteiger partial charge in [-0.2, -0.15) is 4.98 Å². The van der Waals surface area contributed by atoms with Crippen molar-refractivity contribution in [3.63, 3.8) is 0 Å². The third-order valence-corrected chi connectivity index (χ3v) is 4.10. The minimum atomic E-state index is -0.594. The molecule has 0 spiro atoms. The first-order valence-electron chi connectivity index (χ1n) is 8.56. The first-order valence-corrected chi connectivity index (χ1v) is 8.56. The summed E-state index contributed by atoms with van der Waals surface area (Å²) in [6, 6.07) is 16.3. The van der Waals surface area contributed by atoms with Gasteiger partial charge in [-0.25, -0.2) is 0 Å². The van der Waals surface area contributed by atoms with Crippen LogP contribution in [0.5, 0.6) is 0 Å². The Hall–Kier alpha value is -4.07. The van der Waals surface area contributed by atoms with Crippen LogP contribution in [0.15, 0.2) is 65.6 Å². The maximum atomic E-state index is 12.4. The second-order valence-electron chi connectivity index (χ2n) is 6.16. The number of nitrogens with zero attached hydrogens (tertiary/aromatic N) is 3. The molecule has 0 aliphatic heterocycles. The van der Waals surface area contributed by atoms with E-state index < -0.39 is 11.5 Å². The van der Waals surface area contributed by atoms with Crippen LogP contribution < -0.4 is 10.9 Å². The highest BCUT2D eigenvalue weighted by atomic mass is 16.2. The Morgan fingerprint density at radius 3 is 2.71 bits per heavy atom. The van der Waals surface area contributed by atoms with Crippen LogP contribution in [0.3, 0.4) is 0 Å². The van der Waals surface area contributed by atoms with Crippen LogP contribution in [0.2, 0.25) is 0 Å². The van der Waals surface area contributed by atoms with Gasteiger partial charge >= 0.3 is 0 Å². The van der Waals surface area contributed by atoms with Gasteiger partial charge in [-0.3, -0.25) is 25.0 Å². The minimum absolute atomic E-state index is 0.0272. The lowest BCUT2D eigenvalue weighted by atomic mass is 10.1. The zero-order chi connectivity index (χ0) is 19.5. The smallest absolute Gasteiger partial charge is 0.263 e. The molecule has 28 heavy (non-hydrogen) atoms. The van der Waals surface area contributed by atoms with Crippen molar-refractivity contribution in [3.8, 4) is 22.8 Å². The van der Waals surface area contributed by atoms with Gasteiger partial charge in [0, 0.05) is 11.9 Å². The number of aromatic amines is 2. The summed E-state index contributed by atoms with van der Waals surface area (Å²) in [4.78, 5) is 35.9. The van der Waals surface area contributed by atoms with Crippen LogP contribution in [-0.4, -0.2) is 31.1 Å². The molecular weight excluding hydrogens is 356 g/mol. The number of carbonyl (C=O) groups excluding carboxylic acids is 1. The number of pyridine rings is 2. The van der Waals surface area contributed by atoms with Gasteiger partial charge in [0.05, 0.1) is 0 Å². The van der Waals surface area contributed by atoms with Crippen LogP contribution >= 0.6 is 0 Å². The summed E-state index contributed by atoms with van der Waals surface area (Å²) in [5.74, 6) is -0.115. The topological polar surface area (TPSA) is 116 Å². The zero-order valence-corrected chi connectivity index (χ0v) is 14.9. The number of amides is 1. The second-order valence-corrected chi connectivity index (χ2v) is 6.16. The molecule has 0 atom stereocenters. The van der Waals surface area contributed by atoms with Crippen molar-refractivity contribution in [1.82, 2.24) is 25.1 Å². The highest BCUT2D eigenvalue weighted by Crippen LogP contribution is 2.17. The van der Waals surface area contributed by atoms with E-state index in [4.69, 9.17) is 0 Å². The van der Waals surface area contributed by atoms with Gasteiger partial charge in [0.2, 0.25) is 5.95 Å². The van der Waals surface area contributed by atoms with Gasteiger partial charge in [0.25, 0.3) is 11.5 Å². The summed E-state index contributed by atoms with van der Waals surface area (Å²) >= 11 is 0. The molecule has 0 fully saturated rings. The Kier molecular flexibility index (Phi) is 4.51. The van der Waals surface area contributed by atoms with Gasteiger partial charge in [0.1, 0.15) is 11.3 Å². The van der Waals surface area contributed by atoms with Crippen LogP contribution in [0.25, 0.3) is 22.8 Å². The number of hydrogen-bond donors (Lipinski definition) is 3. The SMILES string of the molecule is Cc1cccc(-c2ccc(C(=O)Nc3n[nH]c(-c4ccccn4)n3)c(=O)[nH]2)c1. The molecular formula is C20H16N6O2. The average Bonchev–Trinajstić information content (AvgIpc) is 3.17. The number of carbonyl (C=O) groups is 1. The van der Waals surface area contributed by atoms with Gasteiger partial charge in [-0.15, -0.1) is 5.10 Å². The first kappa shape index (κ1) is 17.3. The lowest BCUT2D eigenvalue weighted by Crippen LogP contribution is -2.23. The van der Waals surface area contributed by atoms with Crippen LogP contribution in [0.4, 0.5) is 5.95 Å². The molecule has 0 aliphatic rings. The molecule has 0 saturated heterocycles. The number of rotatable bonds is 4. The number of aryl methyl sites for hydroxylation is 1. The molecule has 0 saturated carbocycles. The predicted molar refractivity (Wildman–Crippen MR) is 105 cm³/mol. The van der Waals surface area contributed by atoms with E-state index in [0.29, 0.717) is 17.2 Å². The van der Waals surface area contributed by atoms with E-state index in [-0.39, 0.29) is 11.5 Å². The number of aromatic nitrogens is 5. The molecule has 1 aromatic carbocycles. The molecule has 0 radical (unpaired) electrons. The summed E-state index contributed by atoms with van der Waals surface area (Å²) in [5.41, 5.74) is 2.67. The van der Waals surface area contributed by atoms with E-state index in [1.807, 2.05) is 37.3 Å². The second kappa shape index (κ2) is 7.28. The van der Waals surface area contributed by atoms with E-state index in [1.165, 1.54) is 6.07 Å². The fourth-order valence-electron chi connectivity index (χ4n) is 2.74. The molecule has 3 aromatic heterocycles. The highest BCUT2D eigenvalue weighted by Gasteiger charge is 2.15. The molecule has 138 valence electrons. The standard InChI is InChI=1S/C20H16N6O2/c1-12-5-4-6-13(11-12)15-9-8-14(18(27)22-15)19(28)24-20-23-17(25-26-20)16-7-2-3-10-21-16/h2-11H,1H3,(H,22,27)(H2,23,24,25,26,28). The minimum Gasteiger partial charge on any atom is -0.321 e. The van der Waals surface area contributed by atoms with E-state index in [0.717, 1.165) is 11.1 Å². The average molecular weight is 372 g/mol. The van der Waals surface area contributed by atoms with Crippen molar-refractivity contribution in [2.75, 3.05) is 5.32 Å². The molecule has 8 heteroatoms. The van der Waals surface area contributed by atoms with Crippen LogP contribution in [0, 0.1) is 6.92 Å². The lowest BCUT2D eigenvalue weighted by molar-refractivity contribution is 0.102. The monoisotopic (exact) mass is 372 g/mol. The Balaban J connectivity index is 1.54. The van der Waals surface area contributed by atoms with Crippen LogP contribution in [-0.2, 0) is 0 Å². The third-order valence-electron chi connectivity index (χ3n) is 4.10. The summed E-state index contributed by atoms with van der Waals surface area (Å²) in [6.45, 7) is 1.97. The number of benzene rings is 1. The number of H-pyrrole nitrogens is 2. The number of nitrogens with one attached hydrogen (secondary N) is 3. The molecule has 4 rings (SSSR count). The van der Waals surface area contributed by atoms with Crippen molar-refractivity contribution in [2.45, 2.75) is 6.92 Å². The number of hydrogen-bond acceptors (Lipinski definition) is 5. The van der Waals surface area contributed by atoms with E-state index in [2.05, 4.69) is 30.5 Å². The maximum Gasteiger partial charge on any atom is 0.263 e. The summed E-state index contributed by atoms with van der Waals surface area (Å²) in [6.07, 6.45) is 1.63. The normalized spacial score (nSPS) is 10.6. The Labute approximate surface area is 159 Å². The molecule has 3 heterocycles. The summed E-state index contributed by atoms with van der Waals surface area (Å²) < 4.78 is 0. The predicted octanol–water partition coefficient (Wildman–Crippen LogP) is 2.78. The molecule has 0 unspecified atom stereocenters. The van der Waals surface area contributed by atoms with Gasteiger partial charge in [-0.05, 0) is 42.8 Å². The van der Waals surface area contributed by atoms with Crippen molar-refractivity contribution in [1.29, 1.82) is 0 Å². The van der Waals surface area contributed by atoms with Gasteiger partial charge in [0.15, 0.2) is 5.82 Å². The Morgan fingerprint density at radius 2 is 1.96 bits per heavy atom. The fraction of sp³-hybridized carbons (Fsp3) is 0.0500. The summed E-state index contributed by atoms with van der Waals surface area (Å²) in [7, 11) is 0. The van der Waals surface area contributed by atoms with E-state index >= 15 is 0 Å². The van der Waals surface area contributed by atoms with E-state index in [9.17, 15) is 9.59 Å². The van der Waals surface area contributed by atoms with E-state index in [1.54, 1.807) is 24.4 Å². The van der Waals surface area contributed by atoms with Crippen molar-refractivity contribution >= 4 is 11.9 Å². The molecule has 4 aromatic rings. The van der Waals surface area contributed by atoms with Crippen molar-refractivity contribution < 1.29 is 4.79 Å². The first-order chi connectivity index (χ1) is 13.6. The maximum absolute atomic E-state index is 12.4. The summed E-state index contributed by atoms with van der Waals surface area (Å²) in [5, 5.41) is 9.16. The number of anilines is 1. The molecule has 0 aliphatic carbocycles. The van der Waals surface area contributed by atoms with Crippen molar-refractivity contribution in [3.05, 3.63) is 82.3 Å². The quantitative estimate of drug-likeness (QED) is 0.509. The Bertz CT molecular complexity index is 1200. The largest absolute Gasteiger partial charge is 0.321 e. The van der Waals surface area contributed by atoms with Crippen LogP contribution in [0.1, 0.15) is 15.9 Å². The Morgan fingerprint density at radius 1 is 1.07 bits per heavy atom. The van der Waals surface area contributed by atoms with Gasteiger partial charge in [-0.1, -0.05) is 29.8 Å².